The van der Waals surface area contributed by atoms with Crippen molar-refractivity contribution < 1.29 is 28.6 Å². The molecule has 0 fully saturated rings. The predicted molar refractivity (Wildman–Crippen MR) is 307 cm³/mol. The van der Waals surface area contributed by atoms with Gasteiger partial charge in [-0.05, 0) is 122 Å². The minimum absolute atomic E-state index is 0.109. The third-order valence-corrected chi connectivity index (χ3v) is 12.2. The Morgan fingerprint density at radius 3 is 0.930 bits per heavy atom. The molecule has 0 rings (SSSR count). The van der Waals surface area contributed by atoms with Crippen molar-refractivity contribution in [2.24, 2.45) is 0 Å². The topological polar surface area (TPSA) is 78.9 Å². The number of hydrogen-bond acceptors (Lipinski definition) is 6. The van der Waals surface area contributed by atoms with Crippen LogP contribution in [0.25, 0.3) is 0 Å². The first kappa shape index (κ1) is 67.1. The van der Waals surface area contributed by atoms with E-state index in [2.05, 4.69) is 130 Å². The molecule has 0 saturated carbocycles. The van der Waals surface area contributed by atoms with Gasteiger partial charge in [-0.3, -0.25) is 14.4 Å². The fourth-order valence-corrected chi connectivity index (χ4v) is 7.83. The molecule has 71 heavy (non-hydrogen) atoms. The van der Waals surface area contributed by atoms with E-state index >= 15 is 0 Å². The second-order valence-electron chi connectivity index (χ2n) is 19.2. The van der Waals surface area contributed by atoms with Gasteiger partial charge in [0.2, 0.25) is 0 Å². The Balaban J connectivity index is 4.48. The molecule has 0 bridgehead atoms. The van der Waals surface area contributed by atoms with Crippen molar-refractivity contribution in [1.29, 1.82) is 0 Å². The smallest absolute Gasteiger partial charge is 0.306 e. The highest BCUT2D eigenvalue weighted by Gasteiger charge is 2.19. The van der Waals surface area contributed by atoms with Crippen LogP contribution in [0.2, 0.25) is 0 Å². The minimum atomic E-state index is -0.818. The summed E-state index contributed by atoms with van der Waals surface area (Å²) in [7, 11) is 0. The van der Waals surface area contributed by atoms with Gasteiger partial charge in [-0.2, -0.15) is 0 Å². The molecule has 0 aromatic heterocycles. The average Bonchev–Trinajstić information content (AvgIpc) is 3.37. The van der Waals surface area contributed by atoms with Gasteiger partial charge in [0.25, 0.3) is 0 Å². The first-order valence-electron chi connectivity index (χ1n) is 29.4. The number of rotatable bonds is 52. The second kappa shape index (κ2) is 58.6. The highest BCUT2D eigenvalue weighted by Crippen LogP contribution is 2.14. The summed E-state index contributed by atoms with van der Waals surface area (Å²) in [6, 6.07) is 0. The van der Waals surface area contributed by atoms with Gasteiger partial charge in [0.1, 0.15) is 13.2 Å². The second-order valence-corrected chi connectivity index (χ2v) is 19.2. The molecule has 6 heteroatoms. The van der Waals surface area contributed by atoms with E-state index in [0.717, 1.165) is 109 Å². The molecule has 0 aliphatic carbocycles. The van der Waals surface area contributed by atoms with E-state index in [1.807, 2.05) is 0 Å². The van der Waals surface area contributed by atoms with Crippen molar-refractivity contribution in [1.82, 2.24) is 0 Å². The molecule has 0 aromatic rings. The normalized spacial score (nSPS) is 12.9. The average molecular weight is 986 g/mol. The lowest BCUT2D eigenvalue weighted by molar-refractivity contribution is -0.167. The molecule has 0 spiro atoms. The van der Waals surface area contributed by atoms with Crippen molar-refractivity contribution in [3.8, 4) is 0 Å². The van der Waals surface area contributed by atoms with E-state index in [-0.39, 0.29) is 37.5 Å². The van der Waals surface area contributed by atoms with E-state index in [1.54, 1.807) is 0 Å². The Kier molecular flexibility index (Phi) is 55.4. The SMILES string of the molecule is CC/C=C\C/C=C\C/C=C\C/C=C\C/C=C\CCCC(=O)OC(COC(=O)CCCCCCC/C=C\C/C=C\CCCCC)COC(=O)CCCCCCCCCCC/C=C\C/C=C\CCCCCCC. The first-order chi connectivity index (χ1) is 35.0. The zero-order valence-electron chi connectivity index (χ0n) is 46.2. The maximum atomic E-state index is 12.8. The molecular formula is C65H108O6. The summed E-state index contributed by atoms with van der Waals surface area (Å²) in [6.45, 7) is 6.43. The Morgan fingerprint density at radius 1 is 0.296 bits per heavy atom. The van der Waals surface area contributed by atoms with Gasteiger partial charge < -0.3 is 14.2 Å². The summed E-state index contributed by atoms with van der Waals surface area (Å²) in [5, 5.41) is 0. The lowest BCUT2D eigenvalue weighted by Gasteiger charge is -2.18. The van der Waals surface area contributed by atoms with Gasteiger partial charge in [0.05, 0.1) is 0 Å². The Bertz CT molecular complexity index is 1460. The molecule has 0 N–H and O–H groups in total. The molecule has 1 atom stereocenters. The van der Waals surface area contributed by atoms with Crippen LogP contribution < -0.4 is 0 Å². The monoisotopic (exact) mass is 985 g/mol. The molecule has 0 saturated heterocycles. The third kappa shape index (κ3) is 56.9. The number of hydrogen-bond donors (Lipinski definition) is 0. The number of unbranched alkanes of at least 4 members (excludes halogenated alkanes) is 23. The highest BCUT2D eigenvalue weighted by molar-refractivity contribution is 5.71. The number of ether oxygens (including phenoxy) is 3. The molecule has 0 aliphatic heterocycles. The van der Waals surface area contributed by atoms with Gasteiger partial charge >= 0.3 is 17.9 Å². The zero-order valence-corrected chi connectivity index (χ0v) is 46.2. The first-order valence-corrected chi connectivity index (χ1v) is 29.4. The van der Waals surface area contributed by atoms with Crippen LogP contribution in [0, 0.1) is 0 Å². The van der Waals surface area contributed by atoms with Crippen LogP contribution in [0.15, 0.2) is 109 Å². The number of carbonyl (C=O) groups excluding carboxylic acids is 3. The summed E-state index contributed by atoms with van der Waals surface area (Å²) in [5.41, 5.74) is 0. The molecular weight excluding hydrogens is 877 g/mol. The third-order valence-electron chi connectivity index (χ3n) is 12.2. The Labute approximate surface area is 438 Å². The van der Waals surface area contributed by atoms with Crippen molar-refractivity contribution in [3.05, 3.63) is 109 Å². The lowest BCUT2D eigenvalue weighted by Crippen LogP contribution is -2.30. The van der Waals surface area contributed by atoms with Crippen LogP contribution in [0.3, 0.4) is 0 Å². The van der Waals surface area contributed by atoms with Crippen LogP contribution in [-0.4, -0.2) is 37.2 Å². The van der Waals surface area contributed by atoms with Crippen LogP contribution in [-0.2, 0) is 28.6 Å². The standard InChI is InChI=1S/C65H108O6/c1-4-7-10-13-16-19-22-25-28-30-31-32-33-35-37-40-43-46-49-52-55-58-64(67)70-61-62(60-69-63(66)57-54-51-48-45-42-39-36-27-24-21-18-15-12-9-6-3)71-65(68)59-56-53-50-47-44-41-38-34-29-26-23-20-17-14-11-8-5-2/h8,11,17-18,20-22,25-27,29-31,36,38,41,47,50,62H,4-7,9-10,12-16,19,23-24,28,32-35,37,39-40,42-46,48-49,51-61H2,1-3H3/b11-8-,20-17-,21-18-,25-22-,29-26-,31-30-,36-27-,41-38-,50-47-. The molecule has 0 radical (unpaired) electrons. The van der Waals surface area contributed by atoms with Crippen molar-refractivity contribution >= 4 is 17.9 Å². The molecule has 0 amide bonds. The van der Waals surface area contributed by atoms with Crippen LogP contribution in [0.1, 0.15) is 265 Å². The highest BCUT2D eigenvalue weighted by atomic mass is 16.6. The molecule has 0 aromatic carbocycles. The van der Waals surface area contributed by atoms with E-state index in [4.69, 9.17) is 14.2 Å². The van der Waals surface area contributed by atoms with Crippen molar-refractivity contribution in [3.63, 3.8) is 0 Å². The fourth-order valence-electron chi connectivity index (χ4n) is 7.83. The number of carbonyl (C=O) groups is 3. The minimum Gasteiger partial charge on any atom is -0.462 e. The van der Waals surface area contributed by atoms with Crippen molar-refractivity contribution in [2.75, 3.05) is 13.2 Å². The molecule has 0 aliphatic rings. The molecule has 404 valence electrons. The maximum Gasteiger partial charge on any atom is 0.306 e. The largest absolute Gasteiger partial charge is 0.462 e. The number of esters is 3. The van der Waals surface area contributed by atoms with Gasteiger partial charge in [-0.1, -0.05) is 233 Å². The summed E-state index contributed by atoms with van der Waals surface area (Å²) < 4.78 is 16.8. The van der Waals surface area contributed by atoms with Crippen LogP contribution >= 0.6 is 0 Å². The zero-order chi connectivity index (χ0) is 51.4. The quantitative estimate of drug-likeness (QED) is 0.0261. The van der Waals surface area contributed by atoms with Gasteiger partial charge in [0.15, 0.2) is 6.10 Å². The van der Waals surface area contributed by atoms with Gasteiger partial charge in [-0.25, -0.2) is 0 Å². The Morgan fingerprint density at radius 2 is 0.563 bits per heavy atom. The fraction of sp³-hybridized carbons (Fsp3) is 0.677. The summed E-state index contributed by atoms with van der Waals surface area (Å²) >= 11 is 0. The van der Waals surface area contributed by atoms with Crippen molar-refractivity contribution in [2.45, 2.75) is 271 Å². The predicted octanol–water partition coefficient (Wildman–Crippen LogP) is 19.9. The van der Waals surface area contributed by atoms with E-state index in [0.29, 0.717) is 19.3 Å². The van der Waals surface area contributed by atoms with Crippen LogP contribution in [0.5, 0.6) is 0 Å². The van der Waals surface area contributed by atoms with Gasteiger partial charge in [-0.15, -0.1) is 0 Å². The molecule has 1 unspecified atom stereocenters. The maximum absolute atomic E-state index is 12.8. The van der Waals surface area contributed by atoms with Gasteiger partial charge in [0, 0.05) is 19.3 Å². The van der Waals surface area contributed by atoms with Crippen LogP contribution in [0.4, 0.5) is 0 Å². The molecule has 6 nitrogen and oxygen atoms in total. The Hall–Kier alpha value is -3.93. The van der Waals surface area contributed by atoms with E-state index < -0.39 is 6.10 Å². The summed E-state index contributed by atoms with van der Waals surface area (Å²) in [6.07, 6.45) is 79.4. The molecule has 0 heterocycles. The number of allylic oxidation sites excluding steroid dienone is 18. The van der Waals surface area contributed by atoms with E-state index in [1.165, 1.54) is 109 Å². The van der Waals surface area contributed by atoms with E-state index in [9.17, 15) is 14.4 Å². The summed E-state index contributed by atoms with van der Waals surface area (Å²) in [5.74, 6) is -0.984. The summed E-state index contributed by atoms with van der Waals surface area (Å²) in [4.78, 5) is 38.2. The lowest BCUT2D eigenvalue weighted by atomic mass is 10.1.